The first kappa shape index (κ1) is 19.9. The fourth-order valence-electron chi connectivity index (χ4n) is 3.04. The molecular formula is C22H21F3N2O. The molecule has 0 unspecified atom stereocenters. The number of hydrogen-bond acceptors (Lipinski definition) is 2. The fourth-order valence-corrected chi connectivity index (χ4v) is 3.04. The van der Waals surface area contributed by atoms with Gasteiger partial charge in [-0.25, -0.2) is 13.2 Å². The largest absolute Gasteiger partial charge is 0.337 e. The molecule has 146 valence electrons. The van der Waals surface area contributed by atoms with Gasteiger partial charge in [0.15, 0.2) is 0 Å². The molecule has 0 atom stereocenters. The summed E-state index contributed by atoms with van der Waals surface area (Å²) in [5.41, 5.74) is 0.903. The van der Waals surface area contributed by atoms with Gasteiger partial charge in [0.05, 0.1) is 0 Å². The van der Waals surface area contributed by atoms with Crippen LogP contribution in [0.15, 0.2) is 60.7 Å². The summed E-state index contributed by atoms with van der Waals surface area (Å²) in [6, 6.07) is 10.1. The Bertz CT molecular complexity index is 850. The zero-order valence-electron chi connectivity index (χ0n) is 15.3. The van der Waals surface area contributed by atoms with E-state index in [9.17, 15) is 18.0 Å². The van der Waals surface area contributed by atoms with Gasteiger partial charge < -0.3 is 4.90 Å². The highest BCUT2D eigenvalue weighted by Crippen LogP contribution is 2.14. The van der Waals surface area contributed by atoms with Crippen LogP contribution in [0.3, 0.4) is 0 Å². The van der Waals surface area contributed by atoms with Crippen molar-refractivity contribution >= 4 is 12.0 Å². The van der Waals surface area contributed by atoms with E-state index >= 15 is 0 Å². The smallest absolute Gasteiger partial charge is 0.246 e. The van der Waals surface area contributed by atoms with Crippen LogP contribution in [0.1, 0.15) is 11.1 Å². The minimum Gasteiger partial charge on any atom is -0.337 e. The summed E-state index contributed by atoms with van der Waals surface area (Å²) in [6.45, 7) is 3.36. The van der Waals surface area contributed by atoms with Crippen LogP contribution in [0.4, 0.5) is 13.2 Å². The first-order valence-corrected chi connectivity index (χ1v) is 9.07. The molecule has 1 amide bonds. The lowest BCUT2D eigenvalue weighted by Gasteiger charge is -2.34. The van der Waals surface area contributed by atoms with Gasteiger partial charge in [-0.3, -0.25) is 9.69 Å². The highest BCUT2D eigenvalue weighted by Gasteiger charge is 2.19. The van der Waals surface area contributed by atoms with Crippen molar-refractivity contribution < 1.29 is 18.0 Å². The third-order valence-corrected chi connectivity index (χ3v) is 4.62. The first-order valence-electron chi connectivity index (χ1n) is 9.07. The SMILES string of the molecule is O=C(C=CC=Cc1c(F)cccc1F)N1CCN(Cc2ccc(F)cc2)CC1. The molecule has 0 N–H and O–H groups in total. The predicted molar refractivity (Wildman–Crippen MR) is 103 cm³/mol. The van der Waals surface area contributed by atoms with Crippen LogP contribution in [0.25, 0.3) is 6.08 Å². The van der Waals surface area contributed by atoms with E-state index in [0.29, 0.717) is 13.1 Å². The molecule has 6 heteroatoms. The number of benzene rings is 2. The van der Waals surface area contributed by atoms with Gasteiger partial charge >= 0.3 is 0 Å². The maximum absolute atomic E-state index is 13.5. The average Bonchev–Trinajstić information content (AvgIpc) is 2.69. The van der Waals surface area contributed by atoms with Crippen molar-refractivity contribution in [3.8, 4) is 0 Å². The van der Waals surface area contributed by atoms with Crippen LogP contribution in [-0.4, -0.2) is 41.9 Å². The van der Waals surface area contributed by atoms with Crippen molar-refractivity contribution in [1.29, 1.82) is 0 Å². The summed E-state index contributed by atoms with van der Waals surface area (Å²) in [5, 5.41) is 0. The highest BCUT2D eigenvalue weighted by atomic mass is 19.1. The molecule has 1 fully saturated rings. The summed E-state index contributed by atoms with van der Waals surface area (Å²) in [7, 11) is 0. The van der Waals surface area contributed by atoms with E-state index in [2.05, 4.69) is 4.90 Å². The normalized spacial score (nSPS) is 15.6. The Hall–Kier alpha value is -2.86. The number of carbonyl (C=O) groups is 1. The number of rotatable bonds is 5. The lowest BCUT2D eigenvalue weighted by atomic mass is 10.2. The quantitative estimate of drug-likeness (QED) is 0.573. The monoisotopic (exact) mass is 386 g/mol. The maximum Gasteiger partial charge on any atom is 0.246 e. The number of amides is 1. The number of halogens is 3. The molecule has 2 aromatic rings. The molecule has 1 saturated heterocycles. The molecule has 3 rings (SSSR count). The molecule has 0 radical (unpaired) electrons. The van der Waals surface area contributed by atoms with E-state index in [4.69, 9.17) is 0 Å². The predicted octanol–water partition coefficient (Wildman–Crippen LogP) is 4.02. The van der Waals surface area contributed by atoms with E-state index in [1.54, 1.807) is 17.0 Å². The molecule has 2 aromatic carbocycles. The van der Waals surface area contributed by atoms with Crippen molar-refractivity contribution in [3.63, 3.8) is 0 Å². The third-order valence-electron chi connectivity index (χ3n) is 4.62. The molecule has 0 aliphatic carbocycles. The topological polar surface area (TPSA) is 23.6 Å². The van der Waals surface area contributed by atoms with Crippen molar-refractivity contribution in [1.82, 2.24) is 9.80 Å². The van der Waals surface area contributed by atoms with Crippen LogP contribution < -0.4 is 0 Å². The molecule has 0 spiro atoms. The van der Waals surface area contributed by atoms with Crippen LogP contribution in [-0.2, 0) is 11.3 Å². The van der Waals surface area contributed by atoms with Crippen LogP contribution in [0.2, 0.25) is 0 Å². The van der Waals surface area contributed by atoms with Crippen molar-refractivity contribution in [3.05, 3.63) is 89.3 Å². The minimum atomic E-state index is -0.645. The van der Waals surface area contributed by atoms with E-state index < -0.39 is 11.6 Å². The summed E-state index contributed by atoms with van der Waals surface area (Å²) >= 11 is 0. The number of hydrogen-bond donors (Lipinski definition) is 0. The van der Waals surface area contributed by atoms with Gasteiger partial charge in [-0.1, -0.05) is 30.4 Å². The summed E-state index contributed by atoms with van der Waals surface area (Å²) in [4.78, 5) is 16.2. The lowest BCUT2D eigenvalue weighted by molar-refractivity contribution is -0.127. The van der Waals surface area contributed by atoms with E-state index in [1.807, 2.05) is 0 Å². The van der Waals surface area contributed by atoms with Gasteiger partial charge in [0.1, 0.15) is 17.5 Å². The van der Waals surface area contributed by atoms with Gasteiger partial charge in [0, 0.05) is 44.4 Å². The second-order valence-corrected chi connectivity index (χ2v) is 6.58. The van der Waals surface area contributed by atoms with E-state index in [0.717, 1.165) is 25.2 Å². The Labute approximate surface area is 162 Å². The van der Waals surface area contributed by atoms with Crippen molar-refractivity contribution in [2.24, 2.45) is 0 Å². The molecule has 3 nitrogen and oxygen atoms in total. The molecule has 1 aliphatic heterocycles. The van der Waals surface area contributed by atoms with Gasteiger partial charge in [-0.15, -0.1) is 0 Å². The molecule has 0 aromatic heterocycles. The van der Waals surface area contributed by atoms with Gasteiger partial charge in [-0.2, -0.15) is 0 Å². The number of piperazine rings is 1. The molecule has 1 aliphatic rings. The molecular weight excluding hydrogens is 365 g/mol. The number of nitrogens with zero attached hydrogens (tertiary/aromatic N) is 2. The van der Waals surface area contributed by atoms with Gasteiger partial charge in [0.2, 0.25) is 5.91 Å². The molecule has 1 heterocycles. The number of carbonyl (C=O) groups excluding carboxylic acids is 1. The van der Waals surface area contributed by atoms with Crippen LogP contribution in [0.5, 0.6) is 0 Å². The molecule has 0 saturated carbocycles. The average molecular weight is 386 g/mol. The molecule has 28 heavy (non-hydrogen) atoms. The van der Waals surface area contributed by atoms with E-state index in [1.165, 1.54) is 54.6 Å². The second-order valence-electron chi connectivity index (χ2n) is 6.58. The Morgan fingerprint density at radius 3 is 2.18 bits per heavy atom. The van der Waals surface area contributed by atoms with Crippen molar-refractivity contribution in [2.45, 2.75) is 6.54 Å². The lowest BCUT2D eigenvalue weighted by Crippen LogP contribution is -2.47. The van der Waals surface area contributed by atoms with Gasteiger partial charge in [-0.05, 0) is 35.9 Å². The maximum atomic E-state index is 13.5. The Balaban J connectivity index is 1.47. The summed E-state index contributed by atoms with van der Waals surface area (Å²) < 4.78 is 40.0. The Morgan fingerprint density at radius 2 is 1.54 bits per heavy atom. The van der Waals surface area contributed by atoms with Gasteiger partial charge in [0.25, 0.3) is 0 Å². The third kappa shape index (κ3) is 5.33. The zero-order valence-corrected chi connectivity index (χ0v) is 15.3. The van der Waals surface area contributed by atoms with Crippen LogP contribution >= 0.6 is 0 Å². The first-order chi connectivity index (χ1) is 13.5. The Kier molecular flexibility index (Phi) is 6.66. The standard InChI is InChI=1S/C22H21F3N2O/c23-18-10-8-17(9-11-18)16-26-12-14-27(15-13-26)22(28)7-2-1-4-19-20(24)5-3-6-21(19)25/h1-11H,12-16H2. The number of allylic oxidation sites excluding steroid dienone is 2. The second kappa shape index (κ2) is 9.37. The summed E-state index contributed by atoms with van der Waals surface area (Å²) in [5.74, 6) is -1.68. The summed E-state index contributed by atoms with van der Waals surface area (Å²) in [6.07, 6.45) is 5.63. The minimum absolute atomic E-state index is 0.131. The van der Waals surface area contributed by atoms with Crippen molar-refractivity contribution in [2.75, 3.05) is 26.2 Å². The Morgan fingerprint density at radius 1 is 0.893 bits per heavy atom. The van der Waals surface area contributed by atoms with E-state index in [-0.39, 0.29) is 17.3 Å². The fraction of sp³-hybridized carbons (Fsp3) is 0.227. The molecule has 0 bridgehead atoms. The highest BCUT2D eigenvalue weighted by molar-refractivity contribution is 5.88. The zero-order chi connectivity index (χ0) is 19.9. The van der Waals surface area contributed by atoms with Crippen LogP contribution in [0, 0.1) is 17.5 Å².